The predicted molar refractivity (Wildman–Crippen MR) is 70.6 cm³/mol. The lowest BCUT2D eigenvalue weighted by atomic mass is 10.0. The summed E-state index contributed by atoms with van der Waals surface area (Å²) in [5.74, 6) is 1.18. The molecule has 1 heterocycles. The highest BCUT2D eigenvalue weighted by molar-refractivity contribution is 5.81. The zero-order valence-electron chi connectivity index (χ0n) is 11.6. The van der Waals surface area contributed by atoms with Crippen molar-refractivity contribution in [2.45, 2.75) is 46.2 Å². The lowest BCUT2D eigenvalue weighted by molar-refractivity contribution is -0.125. The molecule has 1 fully saturated rings. The number of nitrogens with two attached hydrogens (primary N) is 1. The maximum atomic E-state index is 11.9. The van der Waals surface area contributed by atoms with Gasteiger partial charge in [0.2, 0.25) is 5.91 Å². The first-order valence-electron chi connectivity index (χ1n) is 6.69. The van der Waals surface area contributed by atoms with Crippen LogP contribution >= 0.6 is 0 Å². The summed E-state index contributed by atoms with van der Waals surface area (Å²) in [6.07, 6.45) is 1.11. The Labute approximate surface area is 105 Å². The van der Waals surface area contributed by atoms with Crippen molar-refractivity contribution in [2.75, 3.05) is 19.6 Å². The largest absolute Gasteiger partial charge is 0.354 e. The number of hydrogen-bond donors (Lipinski definition) is 2. The van der Waals surface area contributed by atoms with Crippen molar-refractivity contribution in [3.63, 3.8) is 0 Å². The average Bonchev–Trinajstić information content (AvgIpc) is 2.73. The molecule has 3 N–H and O–H groups in total. The Kier molecular flexibility index (Phi) is 5.40. The van der Waals surface area contributed by atoms with Crippen molar-refractivity contribution in [2.24, 2.45) is 17.6 Å². The highest BCUT2D eigenvalue weighted by Crippen LogP contribution is 2.20. The Balaban J connectivity index is 2.38. The van der Waals surface area contributed by atoms with E-state index in [9.17, 15) is 4.79 Å². The van der Waals surface area contributed by atoms with Crippen molar-refractivity contribution in [1.82, 2.24) is 10.2 Å². The van der Waals surface area contributed by atoms with Crippen LogP contribution in [0.2, 0.25) is 0 Å². The quantitative estimate of drug-likeness (QED) is 0.749. The first-order valence-corrected chi connectivity index (χ1v) is 6.69. The Hall–Kier alpha value is -0.610. The third-order valence-corrected chi connectivity index (χ3v) is 3.61. The Morgan fingerprint density at radius 2 is 2.06 bits per heavy atom. The molecule has 3 unspecified atom stereocenters. The zero-order chi connectivity index (χ0) is 13.0. The molecule has 1 aliphatic heterocycles. The summed E-state index contributed by atoms with van der Waals surface area (Å²) in [7, 11) is 0. The molecule has 17 heavy (non-hydrogen) atoms. The molecule has 0 saturated carbocycles. The molecule has 0 aromatic rings. The number of likely N-dealkylation sites (tertiary alicyclic amines) is 1. The summed E-state index contributed by atoms with van der Waals surface area (Å²) < 4.78 is 0. The molecule has 1 amide bonds. The second-order valence-electron chi connectivity index (χ2n) is 5.72. The minimum atomic E-state index is -0.0301. The van der Waals surface area contributed by atoms with Gasteiger partial charge in [-0.15, -0.1) is 0 Å². The van der Waals surface area contributed by atoms with Gasteiger partial charge in [0, 0.05) is 19.1 Å². The molecule has 100 valence electrons. The van der Waals surface area contributed by atoms with E-state index in [4.69, 9.17) is 5.73 Å². The van der Waals surface area contributed by atoms with Crippen LogP contribution in [0.25, 0.3) is 0 Å². The Morgan fingerprint density at radius 1 is 1.41 bits per heavy atom. The monoisotopic (exact) mass is 241 g/mol. The normalized spacial score (nSPS) is 24.9. The van der Waals surface area contributed by atoms with E-state index >= 15 is 0 Å². The van der Waals surface area contributed by atoms with E-state index in [-0.39, 0.29) is 18.0 Å². The standard InChI is InChI=1S/C13H27N3O/c1-9(2)7-15-13(17)11(4)16-6-5-12(8-16)10(3)14/h9-12H,5-8,14H2,1-4H3,(H,15,17). The van der Waals surface area contributed by atoms with Gasteiger partial charge in [0.15, 0.2) is 0 Å². The maximum absolute atomic E-state index is 11.9. The number of carbonyl (C=O) groups is 1. The van der Waals surface area contributed by atoms with Crippen LogP contribution in [0.15, 0.2) is 0 Å². The summed E-state index contributed by atoms with van der Waals surface area (Å²) >= 11 is 0. The number of rotatable bonds is 5. The first kappa shape index (κ1) is 14.5. The minimum Gasteiger partial charge on any atom is -0.354 e. The maximum Gasteiger partial charge on any atom is 0.237 e. The molecule has 0 spiro atoms. The summed E-state index contributed by atoms with van der Waals surface area (Å²) in [4.78, 5) is 14.2. The fourth-order valence-corrected chi connectivity index (χ4v) is 2.21. The first-order chi connectivity index (χ1) is 7.91. The molecule has 0 bridgehead atoms. The second kappa shape index (κ2) is 6.36. The van der Waals surface area contributed by atoms with Crippen molar-refractivity contribution in [1.29, 1.82) is 0 Å². The molecule has 4 nitrogen and oxygen atoms in total. The van der Waals surface area contributed by atoms with Gasteiger partial charge >= 0.3 is 0 Å². The van der Waals surface area contributed by atoms with Crippen molar-refractivity contribution >= 4 is 5.91 Å². The van der Waals surface area contributed by atoms with Crippen molar-refractivity contribution in [3.8, 4) is 0 Å². The van der Waals surface area contributed by atoms with Crippen molar-refractivity contribution in [3.05, 3.63) is 0 Å². The smallest absolute Gasteiger partial charge is 0.237 e. The second-order valence-corrected chi connectivity index (χ2v) is 5.72. The Morgan fingerprint density at radius 3 is 2.53 bits per heavy atom. The molecule has 0 aromatic carbocycles. The van der Waals surface area contributed by atoms with E-state index < -0.39 is 0 Å². The molecule has 0 radical (unpaired) electrons. The van der Waals surface area contributed by atoms with Crippen LogP contribution in [0.5, 0.6) is 0 Å². The van der Waals surface area contributed by atoms with Gasteiger partial charge in [-0.1, -0.05) is 13.8 Å². The number of hydrogen-bond acceptors (Lipinski definition) is 3. The average molecular weight is 241 g/mol. The van der Waals surface area contributed by atoms with Crippen LogP contribution < -0.4 is 11.1 Å². The fraction of sp³-hybridized carbons (Fsp3) is 0.923. The van der Waals surface area contributed by atoms with Gasteiger partial charge in [-0.05, 0) is 38.6 Å². The number of nitrogens with one attached hydrogen (secondary N) is 1. The molecular formula is C13H27N3O. The molecular weight excluding hydrogens is 214 g/mol. The van der Waals surface area contributed by atoms with E-state index in [1.54, 1.807) is 0 Å². The third kappa shape index (κ3) is 4.28. The van der Waals surface area contributed by atoms with Gasteiger partial charge in [0.25, 0.3) is 0 Å². The topological polar surface area (TPSA) is 58.4 Å². The van der Waals surface area contributed by atoms with E-state index in [1.165, 1.54) is 0 Å². The van der Waals surface area contributed by atoms with Gasteiger partial charge < -0.3 is 11.1 Å². The lowest BCUT2D eigenvalue weighted by Crippen LogP contribution is -2.45. The molecule has 4 heteroatoms. The van der Waals surface area contributed by atoms with Crippen LogP contribution in [-0.4, -0.2) is 42.5 Å². The van der Waals surface area contributed by atoms with Gasteiger partial charge in [0.1, 0.15) is 0 Å². The van der Waals surface area contributed by atoms with Crippen LogP contribution in [0.3, 0.4) is 0 Å². The molecule has 1 rings (SSSR count). The molecule has 0 aromatic heterocycles. The summed E-state index contributed by atoms with van der Waals surface area (Å²) in [6.45, 7) is 10.9. The minimum absolute atomic E-state index is 0.0301. The number of carbonyl (C=O) groups excluding carboxylic acids is 1. The fourth-order valence-electron chi connectivity index (χ4n) is 2.21. The van der Waals surface area contributed by atoms with Gasteiger partial charge in [-0.2, -0.15) is 0 Å². The van der Waals surface area contributed by atoms with Crippen LogP contribution in [-0.2, 0) is 4.79 Å². The lowest BCUT2D eigenvalue weighted by Gasteiger charge is -2.24. The Bertz CT molecular complexity index is 253. The predicted octanol–water partition coefficient (Wildman–Crippen LogP) is 0.816. The van der Waals surface area contributed by atoms with E-state index in [2.05, 4.69) is 31.0 Å². The van der Waals surface area contributed by atoms with Crippen LogP contribution in [0.1, 0.15) is 34.1 Å². The zero-order valence-corrected chi connectivity index (χ0v) is 11.6. The molecule has 3 atom stereocenters. The van der Waals surface area contributed by atoms with Crippen molar-refractivity contribution < 1.29 is 4.79 Å². The SMILES string of the molecule is CC(C)CNC(=O)C(C)N1CCC(C(C)N)C1. The van der Waals surface area contributed by atoms with E-state index in [1.807, 2.05) is 6.92 Å². The summed E-state index contributed by atoms with van der Waals surface area (Å²) in [6, 6.07) is 0.198. The number of nitrogens with zero attached hydrogens (tertiary/aromatic N) is 1. The summed E-state index contributed by atoms with van der Waals surface area (Å²) in [5, 5.41) is 2.99. The van der Waals surface area contributed by atoms with Crippen LogP contribution in [0.4, 0.5) is 0 Å². The van der Waals surface area contributed by atoms with Gasteiger partial charge in [-0.25, -0.2) is 0 Å². The van der Waals surface area contributed by atoms with Gasteiger partial charge in [0.05, 0.1) is 6.04 Å². The molecule has 1 saturated heterocycles. The van der Waals surface area contributed by atoms with E-state index in [0.717, 1.165) is 26.1 Å². The summed E-state index contributed by atoms with van der Waals surface area (Å²) in [5.41, 5.74) is 5.91. The van der Waals surface area contributed by atoms with Crippen LogP contribution in [0, 0.1) is 11.8 Å². The molecule has 0 aliphatic carbocycles. The highest BCUT2D eigenvalue weighted by atomic mass is 16.2. The highest BCUT2D eigenvalue weighted by Gasteiger charge is 2.30. The van der Waals surface area contributed by atoms with Gasteiger partial charge in [-0.3, -0.25) is 9.69 Å². The molecule has 1 aliphatic rings. The van der Waals surface area contributed by atoms with E-state index in [0.29, 0.717) is 11.8 Å². The number of amides is 1. The third-order valence-electron chi connectivity index (χ3n) is 3.61.